The number of rotatable bonds is 3. The fourth-order valence-electron chi connectivity index (χ4n) is 2.74. The van der Waals surface area contributed by atoms with Gasteiger partial charge in [0.15, 0.2) is 0 Å². The van der Waals surface area contributed by atoms with Gasteiger partial charge in [-0.3, -0.25) is 14.5 Å². The normalized spacial score (nSPS) is 23.4. The van der Waals surface area contributed by atoms with Gasteiger partial charge in [0.2, 0.25) is 0 Å². The van der Waals surface area contributed by atoms with Crippen LogP contribution in [0.2, 0.25) is 0 Å². The zero-order valence-corrected chi connectivity index (χ0v) is 12.0. The number of likely N-dealkylation sites (N-methyl/N-ethyl adjacent to an activating group) is 1. The molecule has 2 fully saturated rings. The number of carbonyl (C=O) groups excluding carboxylic acids is 2. The molecule has 0 bridgehead atoms. The largest absolute Gasteiger partial charge is 0.628 e. The Balaban J connectivity index is 1.82. The number of hydrogen-bond donors (Lipinski definition) is 0. The van der Waals surface area contributed by atoms with Crippen molar-refractivity contribution < 1.29 is 18.9 Å². The van der Waals surface area contributed by atoms with Crippen molar-refractivity contribution in [3.8, 4) is 0 Å². The minimum absolute atomic E-state index is 0.113. The Kier molecular flexibility index (Phi) is 5.65. The van der Waals surface area contributed by atoms with Crippen LogP contribution in [0.25, 0.3) is 0 Å². The molecule has 0 radical (unpaired) electrons. The van der Waals surface area contributed by atoms with Crippen molar-refractivity contribution in [1.29, 1.82) is 0 Å². The van der Waals surface area contributed by atoms with Crippen molar-refractivity contribution in [2.75, 3.05) is 20.1 Å². The van der Waals surface area contributed by atoms with Gasteiger partial charge in [-0.15, -0.1) is 0 Å². The molecule has 0 aromatic heterocycles. The van der Waals surface area contributed by atoms with Crippen LogP contribution in [0.1, 0.15) is 38.5 Å². The van der Waals surface area contributed by atoms with E-state index in [0.29, 0.717) is 5.92 Å². The van der Waals surface area contributed by atoms with Gasteiger partial charge in [-0.25, -0.2) is 0 Å². The third-order valence-electron chi connectivity index (χ3n) is 3.78. The van der Waals surface area contributed by atoms with Crippen molar-refractivity contribution in [2.45, 2.75) is 38.5 Å². The summed E-state index contributed by atoms with van der Waals surface area (Å²) in [5.41, 5.74) is 0. The van der Waals surface area contributed by atoms with Gasteiger partial charge >= 0.3 is 19.1 Å². The maximum absolute atomic E-state index is 11.5. The van der Waals surface area contributed by atoms with E-state index in [4.69, 9.17) is 9.31 Å². The summed E-state index contributed by atoms with van der Waals surface area (Å²) >= 11 is 0. The van der Waals surface area contributed by atoms with Gasteiger partial charge in [-0.05, 0) is 25.4 Å². The van der Waals surface area contributed by atoms with E-state index in [1.54, 1.807) is 17.9 Å². The monoisotopic (exact) mass is 279 g/mol. The lowest BCUT2D eigenvalue weighted by atomic mass is 9.84. The van der Waals surface area contributed by atoms with Crippen molar-refractivity contribution in [2.24, 2.45) is 5.92 Å². The molecule has 2 rings (SSSR count). The van der Waals surface area contributed by atoms with Crippen LogP contribution in [-0.4, -0.2) is 44.1 Å². The second kappa shape index (κ2) is 7.48. The molecule has 0 atom stereocenters. The molecule has 0 aromatic rings. The van der Waals surface area contributed by atoms with Gasteiger partial charge in [0, 0.05) is 0 Å². The SMILES string of the molecule is CN1CC(=O)OB(/C=C/CC2CCCCC2)OC(=O)C1. The molecule has 0 aromatic carbocycles. The van der Waals surface area contributed by atoms with E-state index >= 15 is 0 Å². The van der Waals surface area contributed by atoms with Crippen LogP contribution in [0, 0.1) is 5.92 Å². The lowest BCUT2D eigenvalue weighted by molar-refractivity contribution is -0.145. The van der Waals surface area contributed by atoms with Crippen molar-refractivity contribution in [3.05, 3.63) is 12.1 Å². The Morgan fingerprint density at radius 1 is 1.15 bits per heavy atom. The number of hydrogen-bond acceptors (Lipinski definition) is 5. The summed E-state index contributed by atoms with van der Waals surface area (Å²) in [5, 5.41) is 0. The summed E-state index contributed by atoms with van der Waals surface area (Å²) in [6.07, 6.45) is 9.42. The molecule has 0 spiro atoms. The molecule has 0 unspecified atom stereocenters. The summed E-state index contributed by atoms with van der Waals surface area (Å²) in [7, 11) is 0.814. The lowest BCUT2D eigenvalue weighted by Gasteiger charge is -2.21. The van der Waals surface area contributed by atoms with Crippen LogP contribution in [0.15, 0.2) is 12.1 Å². The van der Waals surface area contributed by atoms with Crippen molar-refractivity contribution >= 4 is 19.1 Å². The highest BCUT2D eigenvalue weighted by Gasteiger charge is 2.29. The van der Waals surface area contributed by atoms with Crippen LogP contribution >= 0.6 is 0 Å². The van der Waals surface area contributed by atoms with Gasteiger partial charge in [-0.1, -0.05) is 38.2 Å². The molecule has 20 heavy (non-hydrogen) atoms. The van der Waals surface area contributed by atoms with Gasteiger partial charge in [0.05, 0.1) is 13.1 Å². The molecule has 1 aliphatic heterocycles. The molecule has 6 heteroatoms. The first-order chi connectivity index (χ1) is 9.63. The quantitative estimate of drug-likeness (QED) is 0.734. The first-order valence-electron chi connectivity index (χ1n) is 7.37. The van der Waals surface area contributed by atoms with Gasteiger partial charge in [-0.2, -0.15) is 0 Å². The Labute approximate surface area is 120 Å². The number of nitrogens with zero attached hydrogens (tertiary/aromatic N) is 1. The minimum atomic E-state index is -0.868. The van der Waals surface area contributed by atoms with Crippen LogP contribution in [0.5, 0.6) is 0 Å². The zero-order valence-electron chi connectivity index (χ0n) is 12.0. The minimum Gasteiger partial charge on any atom is -0.495 e. The summed E-state index contributed by atoms with van der Waals surface area (Å²) in [5.74, 6) is 1.67. The molecule has 1 aliphatic carbocycles. The molecule has 0 N–H and O–H groups in total. The predicted molar refractivity (Wildman–Crippen MR) is 75.8 cm³/mol. The van der Waals surface area contributed by atoms with Gasteiger partial charge in [0.25, 0.3) is 0 Å². The van der Waals surface area contributed by atoms with E-state index < -0.39 is 7.12 Å². The zero-order chi connectivity index (χ0) is 14.4. The third kappa shape index (κ3) is 5.00. The van der Waals surface area contributed by atoms with E-state index in [1.807, 2.05) is 6.08 Å². The second-order valence-corrected chi connectivity index (χ2v) is 5.69. The molecule has 1 saturated heterocycles. The summed E-state index contributed by atoms with van der Waals surface area (Å²) in [6.45, 7) is 0.226. The topological polar surface area (TPSA) is 55.8 Å². The molecule has 2 aliphatic rings. The highest BCUT2D eigenvalue weighted by Crippen LogP contribution is 2.26. The average molecular weight is 279 g/mol. The average Bonchev–Trinajstić information content (AvgIpc) is 2.37. The Bertz CT molecular complexity index is 359. The number of carbonyl (C=O) groups is 2. The molecule has 1 saturated carbocycles. The van der Waals surface area contributed by atoms with Gasteiger partial charge in [0.1, 0.15) is 0 Å². The molecule has 110 valence electrons. The van der Waals surface area contributed by atoms with Crippen LogP contribution in [0.3, 0.4) is 0 Å². The summed E-state index contributed by atoms with van der Waals surface area (Å²) < 4.78 is 10.2. The maximum Gasteiger partial charge on any atom is 0.628 e. The standard InChI is InChI=1S/C14H22BNO4/c1-16-10-13(17)19-15(20-14(18)11-16)9-5-8-12-6-3-2-4-7-12/h5,9,12H,2-4,6-8,10-11H2,1H3/b9-5+. The first-order valence-corrected chi connectivity index (χ1v) is 7.37. The smallest absolute Gasteiger partial charge is 0.495 e. The molecule has 0 amide bonds. The predicted octanol–water partition coefficient (Wildman–Crippen LogP) is 1.57. The highest BCUT2D eigenvalue weighted by atomic mass is 16.6. The number of allylic oxidation sites excluding steroid dienone is 1. The van der Waals surface area contributed by atoms with Crippen molar-refractivity contribution in [3.63, 3.8) is 0 Å². The molecular weight excluding hydrogens is 257 g/mol. The van der Waals surface area contributed by atoms with E-state index in [9.17, 15) is 9.59 Å². The Morgan fingerprint density at radius 3 is 2.35 bits per heavy atom. The third-order valence-corrected chi connectivity index (χ3v) is 3.78. The lowest BCUT2D eigenvalue weighted by Crippen LogP contribution is -2.41. The Morgan fingerprint density at radius 2 is 1.75 bits per heavy atom. The maximum atomic E-state index is 11.5. The fourth-order valence-corrected chi connectivity index (χ4v) is 2.74. The summed E-state index contributed by atoms with van der Waals surface area (Å²) in [6, 6.07) is 0. The highest BCUT2D eigenvalue weighted by molar-refractivity contribution is 6.54. The van der Waals surface area contributed by atoms with Crippen molar-refractivity contribution in [1.82, 2.24) is 4.90 Å². The van der Waals surface area contributed by atoms with Gasteiger partial charge < -0.3 is 9.31 Å². The first kappa shape index (κ1) is 15.1. The summed E-state index contributed by atoms with van der Waals surface area (Å²) in [4.78, 5) is 24.7. The molecule has 5 nitrogen and oxygen atoms in total. The molecule has 1 heterocycles. The van der Waals surface area contributed by atoms with Crippen LogP contribution in [0.4, 0.5) is 0 Å². The molecular formula is C14H22BNO4. The second-order valence-electron chi connectivity index (χ2n) is 5.69. The van der Waals surface area contributed by atoms with E-state index in [2.05, 4.69) is 0 Å². The van der Waals surface area contributed by atoms with E-state index in [1.165, 1.54) is 32.1 Å². The van der Waals surface area contributed by atoms with E-state index in [0.717, 1.165) is 6.42 Å². The van der Waals surface area contributed by atoms with E-state index in [-0.39, 0.29) is 25.0 Å². The fraction of sp³-hybridized carbons (Fsp3) is 0.714. The Hall–Kier alpha value is -1.30. The van der Waals surface area contributed by atoms with Crippen LogP contribution < -0.4 is 0 Å². The van der Waals surface area contributed by atoms with Crippen LogP contribution in [-0.2, 0) is 18.9 Å².